The second kappa shape index (κ2) is 7.26. The molecule has 1 spiro atoms. The quantitative estimate of drug-likeness (QED) is 0.784. The topological polar surface area (TPSA) is 32.8 Å². The first-order valence-electron chi connectivity index (χ1n) is 10.8. The van der Waals surface area contributed by atoms with E-state index in [0.29, 0.717) is 24.4 Å². The van der Waals surface area contributed by atoms with Gasteiger partial charge in [-0.15, -0.1) is 0 Å². The number of ether oxygens (including phenoxy) is 1. The number of nitrogens with zero attached hydrogens (tertiary/aromatic N) is 2. The molecule has 0 radical (unpaired) electrons. The number of hydrogen-bond donors (Lipinski definition) is 0. The first-order valence-corrected chi connectivity index (χ1v) is 10.8. The molecule has 2 bridgehead atoms. The molecule has 0 N–H and O–H groups in total. The molecule has 4 heteroatoms. The average Bonchev–Trinajstić information content (AvgIpc) is 3.39. The molecule has 3 fully saturated rings. The number of likely N-dealkylation sites (tertiary alicyclic amines) is 1. The van der Waals surface area contributed by atoms with Gasteiger partial charge in [0.25, 0.3) is 0 Å². The number of amides is 1. The molecule has 3 heterocycles. The maximum absolute atomic E-state index is 13.1. The van der Waals surface area contributed by atoms with Crippen LogP contribution < -0.4 is 0 Å². The number of benzene rings is 2. The molecule has 5 rings (SSSR count). The standard InChI is InChI=1S/C25H30N2O2/c1-26(2)15-21-22-16-27(17-25(22)13-12-23(21)29-25)24(28)14-18-8-10-20(11-9-18)19-6-4-3-5-7-19/h3-11,21-23H,12-17H2,1-2H3/t21-,22+,23+,25+/m1/s1. The van der Waals surface area contributed by atoms with Crippen LogP contribution in [0.4, 0.5) is 0 Å². The summed E-state index contributed by atoms with van der Waals surface area (Å²) in [7, 11) is 4.27. The van der Waals surface area contributed by atoms with Crippen LogP contribution in [0, 0.1) is 11.8 Å². The molecule has 3 aliphatic rings. The summed E-state index contributed by atoms with van der Waals surface area (Å²) in [5.41, 5.74) is 3.40. The lowest BCUT2D eigenvalue weighted by Crippen LogP contribution is -2.40. The van der Waals surface area contributed by atoms with Crippen molar-refractivity contribution in [3.8, 4) is 11.1 Å². The van der Waals surface area contributed by atoms with Crippen LogP contribution in [0.2, 0.25) is 0 Å². The summed E-state index contributed by atoms with van der Waals surface area (Å²) in [5.74, 6) is 1.28. The van der Waals surface area contributed by atoms with Crippen molar-refractivity contribution in [2.75, 3.05) is 33.7 Å². The Labute approximate surface area is 173 Å². The highest BCUT2D eigenvalue weighted by atomic mass is 16.5. The van der Waals surface area contributed by atoms with E-state index in [1.807, 2.05) is 6.07 Å². The molecule has 152 valence electrons. The van der Waals surface area contributed by atoms with Crippen LogP contribution >= 0.6 is 0 Å². The minimum Gasteiger partial charge on any atom is -0.369 e. The fraction of sp³-hybridized carbons (Fsp3) is 0.480. The normalized spacial score (nSPS) is 30.2. The lowest BCUT2D eigenvalue weighted by Gasteiger charge is -2.30. The smallest absolute Gasteiger partial charge is 0.227 e. The van der Waals surface area contributed by atoms with Crippen LogP contribution in [-0.2, 0) is 16.0 Å². The zero-order valence-corrected chi connectivity index (χ0v) is 17.4. The largest absolute Gasteiger partial charge is 0.369 e. The predicted molar refractivity (Wildman–Crippen MR) is 115 cm³/mol. The third-order valence-corrected chi connectivity index (χ3v) is 7.13. The van der Waals surface area contributed by atoms with E-state index in [-0.39, 0.29) is 11.5 Å². The van der Waals surface area contributed by atoms with Crippen molar-refractivity contribution in [3.05, 3.63) is 60.2 Å². The number of carbonyl (C=O) groups excluding carboxylic acids is 1. The Balaban J connectivity index is 1.25. The minimum absolute atomic E-state index is 0.0713. The summed E-state index contributed by atoms with van der Waals surface area (Å²) in [4.78, 5) is 17.4. The molecule has 3 aliphatic heterocycles. The highest BCUT2D eigenvalue weighted by Gasteiger charge is 2.63. The van der Waals surface area contributed by atoms with Gasteiger partial charge in [0, 0.05) is 24.9 Å². The Morgan fingerprint density at radius 2 is 1.83 bits per heavy atom. The van der Waals surface area contributed by atoms with Crippen LogP contribution in [0.1, 0.15) is 18.4 Å². The van der Waals surface area contributed by atoms with Gasteiger partial charge in [0.15, 0.2) is 0 Å². The Kier molecular flexibility index (Phi) is 4.72. The first-order chi connectivity index (χ1) is 14.0. The SMILES string of the molecule is CN(C)C[C@H]1[C@@H]2CC[C@@]3(CN(C(=O)Cc4ccc(-c5ccccc5)cc4)C[C@@H]13)O2. The van der Waals surface area contributed by atoms with Gasteiger partial charge in [-0.05, 0) is 43.6 Å². The van der Waals surface area contributed by atoms with Crippen molar-refractivity contribution in [3.63, 3.8) is 0 Å². The number of carbonyl (C=O) groups is 1. The fourth-order valence-electron chi connectivity index (χ4n) is 5.78. The van der Waals surface area contributed by atoms with Crippen LogP contribution in [0.15, 0.2) is 54.6 Å². The summed E-state index contributed by atoms with van der Waals surface area (Å²) < 4.78 is 6.47. The molecule has 3 saturated heterocycles. The Bertz CT molecular complexity index is 879. The maximum atomic E-state index is 13.1. The van der Waals surface area contributed by atoms with Gasteiger partial charge in [-0.2, -0.15) is 0 Å². The van der Waals surface area contributed by atoms with Crippen molar-refractivity contribution < 1.29 is 9.53 Å². The van der Waals surface area contributed by atoms with Gasteiger partial charge >= 0.3 is 0 Å². The Hall–Kier alpha value is -2.17. The average molecular weight is 391 g/mol. The molecule has 0 aliphatic carbocycles. The van der Waals surface area contributed by atoms with Gasteiger partial charge in [-0.25, -0.2) is 0 Å². The van der Waals surface area contributed by atoms with E-state index in [1.54, 1.807) is 0 Å². The second-order valence-corrected chi connectivity index (χ2v) is 9.31. The van der Waals surface area contributed by atoms with Gasteiger partial charge < -0.3 is 14.5 Å². The van der Waals surface area contributed by atoms with Crippen LogP contribution in [0.5, 0.6) is 0 Å². The highest BCUT2D eigenvalue weighted by Crippen LogP contribution is 2.54. The van der Waals surface area contributed by atoms with E-state index < -0.39 is 0 Å². The third kappa shape index (κ3) is 3.38. The molecule has 2 aromatic rings. The van der Waals surface area contributed by atoms with Gasteiger partial charge in [-0.1, -0.05) is 54.6 Å². The molecular formula is C25H30N2O2. The Morgan fingerprint density at radius 3 is 2.55 bits per heavy atom. The van der Waals surface area contributed by atoms with Crippen LogP contribution in [0.3, 0.4) is 0 Å². The minimum atomic E-state index is -0.0713. The van der Waals surface area contributed by atoms with Crippen molar-refractivity contribution in [1.82, 2.24) is 9.80 Å². The fourth-order valence-corrected chi connectivity index (χ4v) is 5.78. The van der Waals surface area contributed by atoms with Crippen LogP contribution in [-0.4, -0.2) is 61.1 Å². The number of rotatable bonds is 5. The predicted octanol–water partition coefficient (Wildman–Crippen LogP) is 3.46. The van der Waals surface area contributed by atoms with E-state index in [1.165, 1.54) is 11.1 Å². The number of hydrogen-bond acceptors (Lipinski definition) is 3. The second-order valence-electron chi connectivity index (χ2n) is 9.31. The molecule has 1 amide bonds. The molecule has 4 nitrogen and oxygen atoms in total. The molecule has 0 unspecified atom stereocenters. The molecule has 0 saturated carbocycles. The maximum Gasteiger partial charge on any atom is 0.227 e. The van der Waals surface area contributed by atoms with Gasteiger partial charge in [0.2, 0.25) is 5.91 Å². The van der Waals surface area contributed by atoms with Gasteiger partial charge in [0.1, 0.15) is 0 Å². The molecular weight excluding hydrogens is 360 g/mol. The molecule has 29 heavy (non-hydrogen) atoms. The van der Waals surface area contributed by atoms with Crippen molar-refractivity contribution >= 4 is 5.91 Å². The third-order valence-electron chi connectivity index (χ3n) is 7.13. The summed E-state index contributed by atoms with van der Waals surface area (Å²) in [6.45, 7) is 2.69. The molecule has 4 atom stereocenters. The summed E-state index contributed by atoms with van der Waals surface area (Å²) in [6.07, 6.45) is 3.13. The van der Waals surface area contributed by atoms with E-state index in [2.05, 4.69) is 72.4 Å². The van der Waals surface area contributed by atoms with Gasteiger partial charge in [-0.3, -0.25) is 4.79 Å². The monoisotopic (exact) mass is 390 g/mol. The summed E-state index contributed by atoms with van der Waals surface area (Å²) >= 11 is 0. The zero-order valence-electron chi connectivity index (χ0n) is 17.4. The van der Waals surface area contributed by atoms with E-state index in [9.17, 15) is 4.79 Å². The zero-order chi connectivity index (χ0) is 20.0. The first kappa shape index (κ1) is 18.8. The summed E-state index contributed by atoms with van der Waals surface area (Å²) in [5, 5.41) is 0. The van der Waals surface area contributed by atoms with Crippen LogP contribution in [0.25, 0.3) is 11.1 Å². The highest BCUT2D eigenvalue weighted by molar-refractivity contribution is 5.79. The van der Waals surface area contributed by atoms with Gasteiger partial charge in [0.05, 0.1) is 24.7 Å². The van der Waals surface area contributed by atoms with E-state index >= 15 is 0 Å². The van der Waals surface area contributed by atoms with Crippen molar-refractivity contribution in [1.29, 1.82) is 0 Å². The van der Waals surface area contributed by atoms with E-state index in [0.717, 1.165) is 38.0 Å². The Morgan fingerprint density at radius 1 is 1.10 bits per heavy atom. The van der Waals surface area contributed by atoms with Crippen molar-refractivity contribution in [2.24, 2.45) is 11.8 Å². The summed E-state index contributed by atoms with van der Waals surface area (Å²) in [6, 6.07) is 18.8. The molecule has 0 aromatic heterocycles. The van der Waals surface area contributed by atoms with E-state index in [4.69, 9.17) is 4.74 Å². The number of fused-ring (bicyclic) bond motifs is 1. The lowest BCUT2D eigenvalue weighted by atomic mass is 9.73. The molecule has 2 aromatic carbocycles. The van der Waals surface area contributed by atoms with Crippen molar-refractivity contribution in [2.45, 2.75) is 31.0 Å². The lowest BCUT2D eigenvalue weighted by molar-refractivity contribution is -0.131.